The Morgan fingerprint density at radius 1 is 1.26 bits per heavy atom. The van der Waals surface area contributed by atoms with E-state index in [1.165, 1.54) is 29.6 Å². The van der Waals surface area contributed by atoms with Crippen molar-refractivity contribution in [2.24, 2.45) is 11.1 Å². The van der Waals surface area contributed by atoms with Gasteiger partial charge in [0.15, 0.2) is 0 Å². The quantitative estimate of drug-likeness (QED) is 0.867. The van der Waals surface area contributed by atoms with Crippen LogP contribution in [0, 0.1) is 5.41 Å². The van der Waals surface area contributed by atoms with E-state index in [0.717, 1.165) is 31.5 Å². The zero-order valence-corrected chi connectivity index (χ0v) is 14.6. The molecule has 0 fully saturated rings. The number of benzene rings is 1. The summed E-state index contributed by atoms with van der Waals surface area (Å²) in [5.74, 6) is -0.222. The lowest BCUT2D eigenvalue weighted by Crippen LogP contribution is -2.47. The third-order valence-corrected chi connectivity index (χ3v) is 5.76. The Balaban J connectivity index is 1.84. The van der Waals surface area contributed by atoms with E-state index in [0.29, 0.717) is 0 Å². The van der Waals surface area contributed by atoms with Gasteiger partial charge in [-0.3, -0.25) is 9.69 Å². The van der Waals surface area contributed by atoms with Crippen LogP contribution in [-0.4, -0.2) is 23.9 Å². The van der Waals surface area contributed by atoms with Crippen LogP contribution in [0.5, 0.6) is 0 Å². The summed E-state index contributed by atoms with van der Waals surface area (Å²) in [7, 11) is 0. The van der Waals surface area contributed by atoms with Gasteiger partial charge in [-0.05, 0) is 56.1 Å². The molecule has 0 saturated heterocycles. The number of nitrogens with two attached hydrogens (primary N) is 1. The number of hydrogen-bond acceptors (Lipinski definition) is 2. The zero-order valence-electron chi connectivity index (χ0n) is 14.6. The average molecular weight is 312 g/mol. The number of amides is 1. The molecule has 3 rings (SSSR count). The molecule has 1 heterocycles. The van der Waals surface area contributed by atoms with Gasteiger partial charge in [0.1, 0.15) is 6.04 Å². The number of fused-ring (bicyclic) bond motifs is 1. The smallest absolute Gasteiger partial charge is 0.239 e. The summed E-state index contributed by atoms with van der Waals surface area (Å²) in [6.07, 6.45) is 4.50. The van der Waals surface area contributed by atoms with Gasteiger partial charge < -0.3 is 5.73 Å². The van der Waals surface area contributed by atoms with Gasteiger partial charge >= 0.3 is 0 Å². The lowest BCUT2D eigenvalue weighted by Gasteiger charge is -2.43. The van der Waals surface area contributed by atoms with Gasteiger partial charge in [-0.25, -0.2) is 0 Å². The summed E-state index contributed by atoms with van der Waals surface area (Å²) in [5, 5.41) is 0. The van der Waals surface area contributed by atoms with E-state index in [9.17, 15) is 4.79 Å². The standard InChI is InChI=1S/C20H28N2O/c1-14-8-10-20(3,12-15(14)2)13-22-11-9-16-6-4-5-7-17(16)18(22)19(21)23/h4-7,18H,8-13H2,1-3H3,(H2,21,23). The fourth-order valence-electron chi connectivity index (χ4n) is 4.33. The van der Waals surface area contributed by atoms with Crippen molar-refractivity contribution in [2.75, 3.05) is 13.1 Å². The minimum Gasteiger partial charge on any atom is -0.368 e. The normalized spacial score (nSPS) is 28.6. The Hall–Kier alpha value is -1.61. The van der Waals surface area contributed by atoms with E-state index in [4.69, 9.17) is 5.73 Å². The van der Waals surface area contributed by atoms with Crippen molar-refractivity contribution in [3.05, 3.63) is 46.5 Å². The van der Waals surface area contributed by atoms with E-state index >= 15 is 0 Å². The third kappa shape index (κ3) is 3.20. The van der Waals surface area contributed by atoms with Crippen LogP contribution in [0.15, 0.2) is 35.4 Å². The van der Waals surface area contributed by atoms with Crippen molar-refractivity contribution in [1.82, 2.24) is 4.90 Å². The number of rotatable bonds is 3. The molecule has 1 amide bonds. The summed E-state index contributed by atoms with van der Waals surface area (Å²) < 4.78 is 0. The molecule has 0 spiro atoms. The van der Waals surface area contributed by atoms with Crippen molar-refractivity contribution in [1.29, 1.82) is 0 Å². The van der Waals surface area contributed by atoms with Crippen LogP contribution in [0.1, 0.15) is 57.2 Å². The molecular formula is C20H28N2O. The maximum atomic E-state index is 12.2. The van der Waals surface area contributed by atoms with Crippen LogP contribution in [-0.2, 0) is 11.2 Å². The fourth-order valence-corrected chi connectivity index (χ4v) is 4.33. The number of carbonyl (C=O) groups excluding carboxylic acids is 1. The molecule has 1 aromatic carbocycles. The molecule has 0 aromatic heterocycles. The van der Waals surface area contributed by atoms with Crippen LogP contribution < -0.4 is 5.73 Å². The number of carbonyl (C=O) groups is 1. The highest BCUT2D eigenvalue weighted by atomic mass is 16.1. The van der Waals surface area contributed by atoms with Crippen molar-refractivity contribution < 1.29 is 4.79 Å². The van der Waals surface area contributed by atoms with Gasteiger partial charge in [-0.15, -0.1) is 0 Å². The maximum absolute atomic E-state index is 12.2. The zero-order chi connectivity index (χ0) is 16.6. The molecule has 2 unspecified atom stereocenters. The summed E-state index contributed by atoms with van der Waals surface area (Å²) in [6, 6.07) is 7.98. The van der Waals surface area contributed by atoms with E-state index in [2.05, 4.69) is 37.8 Å². The van der Waals surface area contributed by atoms with Crippen LogP contribution >= 0.6 is 0 Å². The molecule has 0 saturated carbocycles. The molecule has 23 heavy (non-hydrogen) atoms. The summed E-state index contributed by atoms with van der Waals surface area (Å²) >= 11 is 0. The highest BCUT2D eigenvalue weighted by Gasteiger charge is 2.37. The molecule has 2 N–H and O–H groups in total. The van der Waals surface area contributed by atoms with E-state index in [1.807, 2.05) is 12.1 Å². The first kappa shape index (κ1) is 16.3. The summed E-state index contributed by atoms with van der Waals surface area (Å²) in [5.41, 5.74) is 11.5. The Morgan fingerprint density at radius 3 is 2.70 bits per heavy atom. The Kier molecular flexibility index (Phi) is 4.33. The Morgan fingerprint density at radius 2 is 2.00 bits per heavy atom. The third-order valence-electron chi connectivity index (χ3n) is 5.76. The predicted octanol–water partition coefficient (Wildman–Crippen LogP) is 3.60. The second-order valence-electron chi connectivity index (χ2n) is 7.77. The van der Waals surface area contributed by atoms with Gasteiger partial charge in [-0.1, -0.05) is 42.3 Å². The van der Waals surface area contributed by atoms with E-state index in [1.54, 1.807) is 0 Å². The van der Waals surface area contributed by atoms with E-state index in [-0.39, 0.29) is 17.4 Å². The predicted molar refractivity (Wildman–Crippen MR) is 94.0 cm³/mol. The average Bonchev–Trinajstić information content (AvgIpc) is 2.50. The van der Waals surface area contributed by atoms with Gasteiger partial charge in [-0.2, -0.15) is 0 Å². The van der Waals surface area contributed by atoms with Crippen LogP contribution in [0.25, 0.3) is 0 Å². The van der Waals surface area contributed by atoms with Crippen LogP contribution in [0.2, 0.25) is 0 Å². The van der Waals surface area contributed by atoms with E-state index < -0.39 is 0 Å². The van der Waals surface area contributed by atoms with Gasteiger partial charge in [0.25, 0.3) is 0 Å². The number of allylic oxidation sites excluding steroid dienone is 2. The van der Waals surface area contributed by atoms with Crippen molar-refractivity contribution in [3.63, 3.8) is 0 Å². The van der Waals surface area contributed by atoms with Crippen LogP contribution in [0.3, 0.4) is 0 Å². The molecule has 3 heteroatoms. The van der Waals surface area contributed by atoms with Gasteiger partial charge in [0, 0.05) is 13.1 Å². The fraction of sp³-hybridized carbons (Fsp3) is 0.550. The molecule has 124 valence electrons. The molecule has 3 nitrogen and oxygen atoms in total. The van der Waals surface area contributed by atoms with Gasteiger partial charge in [0.05, 0.1) is 0 Å². The monoisotopic (exact) mass is 312 g/mol. The first-order valence-electron chi connectivity index (χ1n) is 8.66. The molecule has 1 aliphatic heterocycles. The first-order chi connectivity index (χ1) is 10.9. The number of nitrogens with zero attached hydrogens (tertiary/aromatic N) is 1. The highest BCUT2D eigenvalue weighted by molar-refractivity contribution is 5.82. The summed E-state index contributed by atoms with van der Waals surface area (Å²) in [4.78, 5) is 14.5. The molecule has 0 radical (unpaired) electrons. The molecule has 0 bridgehead atoms. The second kappa shape index (κ2) is 6.12. The van der Waals surface area contributed by atoms with Crippen molar-refractivity contribution >= 4 is 5.91 Å². The Labute approximate surface area is 139 Å². The highest BCUT2D eigenvalue weighted by Crippen LogP contribution is 2.41. The molecule has 1 aromatic rings. The molecular weight excluding hydrogens is 284 g/mol. The number of primary amides is 1. The molecule has 2 aliphatic rings. The SMILES string of the molecule is CC1=C(C)CC(C)(CN2CCc3ccccc3C2C(N)=O)CC1. The number of hydrogen-bond donors (Lipinski definition) is 1. The first-order valence-corrected chi connectivity index (χ1v) is 8.66. The molecule has 1 aliphatic carbocycles. The lowest BCUT2D eigenvalue weighted by atomic mass is 9.72. The van der Waals surface area contributed by atoms with Crippen LogP contribution in [0.4, 0.5) is 0 Å². The molecule has 2 atom stereocenters. The van der Waals surface area contributed by atoms with Crippen molar-refractivity contribution in [2.45, 2.75) is 52.5 Å². The minimum atomic E-state index is -0.274. The van der Waals surface area contributed by atoms with Gasteiger partial charge in [0.2, 0.25) is 5.91 Å². The Bertz CT molecular complexity index is 649. The minimum absolute atomic E-state index is 0.222. The lowest BCUT2D eigenvalue weighted by molar-refractivity contribution is -0.124. The maximum Gasteiger partial charge on any atom is 0.239 e. The topological polar surface area (TPSA) is 46.3 Å². The second-order valence-corrected chi connectivity index (χ2v) is 7.77. The van der Waals surface area contributed by atoms with Crippen molar-refractivity contribution in [3.8, 4) is 0 Å². The largest absolute Gasteiger partial charge is 0.368 e. The summed E-state index contributed by atoms with van der Waals surface area (Å²) in [6.45, 7) is 8.73.